The average Bonchev–Trinajstić information content (AvgIpc) is 3.39. The lowest BCUT2D eigenvalue weighted by atomic mass is 9.77. The molecule has 30 heteroatoms. The van der Waals surface area contributed by atoms with E-state index in [1.165, 1.54) is 6.92 Å². The van der Waals surface area contributed by atoms with Gasteiger partial charge in [0.05, 0.1) is 25.1 Å². The Kier molecular flexibility index (Phi) is 33.7. The van der Waals surface area contributed by atoms with Crippen molar-refractivity contribution in [1.29, 1.82) is 0 Å². The van der Waals surface area contributed by atoms with E-state index in [2.05, 4.69) is 36.9 Å². The predicted octanol–water partition coefficient (Wildman–Crippen LogP) is -2.50. The van der Waals surface area contributed by atoms with Gasteiger partial charge in [-0.1, -0.05) is 18.6 Å². The summed E-state index contributed by atoms with van der Waals surface area (Å²) in [6.45, 7) is 4.09. The number of hydrogen-bond acceptors (Lipinski definition) is 17. The normalized spacial score (nSPS) is 17.2. The Bertz CT molecular complexity index is 2320. The van der Waals surface area contributed by atoms with Crippen LogP contribution >= 0.6 is 0 Å². The third-order valence-electron chi connectivity index (χ3n) is 14.6. The second-order valence-corrected chi connectivity index (χ2v) is 21.8. The number of rotatable bonds is 38. The second-order valence-electron chi connectivity index (χ2n) is 21.8. The molecule has 1 aromatic rings. The van der Waals surface area contributed by atoms with Crippen LogP contribution in [0.2, 0.25) is 0 Å². The first-order chi connectivity index (χ1) is 40.4. The number of aliphatic hydroxyl groups excluding tert-OH is 1. The molecular formula is C55H92BN13O16. The maximum Gasteiger partial charge on any atom is 0.475 e. The summed E-state index contributed by atoms with van der Waals surface area (Å²) < 4.78 is 0. The van der Waals surface area contributed by atoms with E-state index in [1.807, 2.05) is 0 Å². The molecule has 0 unspecified atom stereocenters. The van der Waals surface area contributed by atoms with E-state index in [4.69, 9.17) is 5.73 Å². The topological polar surface area (TPSA) is 419 Å². The first-order valence-corrected chi connectivity index (χ1v) is 29.4. The molecule has 3 rings (SSSR count). The van der Waals surface area contributed by atoms with Crippen LogP contribution in [0.5, 0.6) is 0 Å². The van der Waals surface area contributed by atoms with Gasteiger partial charge >= 0.3 is 25.0 Å². The number of aliphatic hydroxyl groups is 1. The second kappa shape index (κ2) is 39.6. The van der Waals surface area contributed by atoms with Crippen LogP contribution in [0.4, 0.5) is 0 Å². The number of amides is 7. The molecule has 0 bridgehead atoms. The number of unbranched alkanes of at least 4 members (excludes halogenated alkanes) is 5. The lowest BCUT2D eigenvalue weighted by Crippen LogP contribution is -2.52. The third kappa shape index (κ3) is 29.6. The molecule has 0 aromatic heterocycles. The Morgan fingerprint density at radius 3 is 1.74 bits per heavy atom. The van der Waals surface area contributed by atoms with Crippen LogP contribution in [-0.2, 0) is 49.7 Å². The molecule has 29 nitrogen and oxygen atoms in total. The molecule has 7 amide bonds. The van der Waals surface area contributed by atoms with Crippen molar-refractivity contribution in [3.63, 3.8) is 0 Å². The van der Waals surface area contributed by atoms with Gasteiger partial charge < -0.3 is 77.9 Å². The van der Waals surface area contributed by atoms with Gasteiger partial charge in [0, 0.05) is 124 Å². The van der Waals surface area contributed by atoms with Gasteiger partial charge in [-0.2, -0.15) is 0 Å². The first-order valence-electron chi connectivity index (χ1n) is 29.4. The molecule has 5 atom stereocenters. The van der Waals surface area contributed by atoms with E-state index in [9.17, 15) is 78.4 Å². The minimum absolute atomic E-state index is 0.00844. The summed E-state index contributed by atoms with van der Waals surface area (Å²) in [5.41, 5.74) is 6.89. The Balaban J connectivity index is 1.29. The SMILES string of the molecule is C[C@@H](NC(=O)c1ccc(CNC(=O)CCCCNC(=O)[C@H](CCCN=C(N)N(C)C)NC(=O)CCCCCC(=O)NCCCCCNC(=O)CC[C@H](C(=O)O)N2CCN(CC(=O)O)CCN(CC(=O)O)CC2)cc1)C(=O)N1C[C@@H](O)C[C@H]1B(O)O. The maximum atomic E-state index is 13.3. The zero-order valence-corrected chi connectivity index (χ0v) is 49.5. The number of nitrogens with two attached hydrogens (primary N) is 1. The van der Waals surface area contributed by atoms with Gasteiger partial charge in [-0.05, 0) is 95.2 Å². The van der Waals surface area contributed by atoms with Gasteiger partial charge in [-0.25, -0.2) is 0 Å². The number of guanidine groups is 1. The molecule has 85 heavy (non-hydrogen) atoms. The van der Waals surface area contributed by atoms with Gasteiger partial charge in [0.25, 0.3) is 5.91 Å². The van der Waals surface area contributed by atoms with E-state index in [-0.39, 0.29) is 133 Å². The van der Waals surface area contributed by atoms with Crippen molar-refractivity contribution in [2.75, 3.05) is 99.2 Å². The zero-order valence-electron chi connectivity index (χ0n) is 49.5. The molecule has 0 aliphatic carbocycles. The Morgan fingerprint density at radius 2 is 1.18 bits per heavy atom. The van der Waals surface area contributed by atoms with Gasteiger partial charge in [-0.3, -0.25) is 67.6 Å². The fraction of sp³-hybridized carbons (Fsp3) is 0.691. The van der Waals surface area contributed by atoms with Crippen LogP contribution in [-0.4, -0.2) is 257 Å². The number of benzene rings is 1. The van der Waals surface area contributed by atoms with Gasteiger partial charge in [0.2, 0.25) is 35.4 Å². The number of carbonyl (C=O) groups is 10. The lowest BCUT2D eigenvalue weighted by molar-refractivity contribution is -0.145. The minimum atomic E-state index is -1.83. The van der Waals surface area contributed by atoms with E-state index in [1.54, 1.807) is 58.0 Å². The van der Waals surface area contributed by atoms with E-state index in [0.717, 1.165) is 10.5 Å². The summed E-state index contributed by atoms with van der Waals surface area (Å²) in [4.78, 5) is 137. The molecular weight excluding hydrogens is 1110 g/mol. The highest BCUT2D eigenvalue weighted by atomic mass is 16.4. The quantitative estimate of drug-likeness (QED) is 0.0141. The standard InChI is InChI=1S/C55H92BN13O16/c1-38(53(81)69-35-41(70)33-44(69)56(84)85)63-51(79)40-19-17-39(18-20-40)34-62-46(72)15-8-11-25-60-52(80)42(13-12-26-61-55(57)65(2)3)64-48(74)16-7-4-6-14-45(71)58-23-9-5-10-24-59-47(73)22-21-43(54(82)83)68-31-29-66(36-49(75)76)27-28-67(30-32-68)37-50(77)78/h17-20,38,41-44,70,84-85H,4-16,21-37H2,1-3H3,(H2,57,61)(H,58,71)(H,59,73)(H,60,80)(H,62,72)(H,63,79)(H,64,74)(H,75,76)(H,77,78)(H,82,83)/t38-,41+,42+,43-,44+/m1/s1. The number of likely N-dealkylation sites (tertiary alicyclic amines) is 1. The minimum Gasteiger partial charge on any atom is -0.480 e. The van der Waals surface area contributed by atoms with Crippen LogP contribution in [0.15, 0.2) is 29.3 Å². The van der Waals surface area contributed by atoms with Crippen molar-refractivity contribution >= 4 is 72.3 Å². The summed E-state index contributed by atoms with van der Waals surface area (Å²) in [5, 5.41) is 74.6. The van der Waals surface area contributed by atoms with Crippen LogP contribution in [0.3, 0.4) is 0 Å². The van der Waals surface area contributed by atoms with Crippen molar-refractivity contribution < 1.29 is 78.4 Å². The summed E-state index contributed by atoms with van der Waals surface area (Å²) in [6, 6.07) is 3.56. The third-order valence-corrected chi connectivity index (χ3v) is 14.6. The summed E-state index contributed by atoms with van der Waals surface area (Å²) >= 11 is 0. The molecule has 0 saturated carbocycles. The summed E-state index contributed by atoms with van der Waals surface area (Å²) in [5.74, 6) is -6.31. The number of nitrogens with one attached hydrogen (secondary N) is 6. The van der Waals surface area contributed by atoms with Crippen molar-refractivity contribution in [3.8, 4) is 0 Å². The fourth-order valence-corrected chi connectivity index (χ4v) is 9.65. The van der Waals surface area contributed by atoms with Gasteiger partial charge in [0.1, 0.15) is 18.1 Å². The number of carboxylic acids is 3. The number of hydrogen-bond donors (Lipinski definition) is 13. The summed E-state index contributed by atoms with van der Waals surface area (Å²) in [7, 11) is 1.68. The molecule has 1 aromatic carbocycles. The number of carboxylic acid groups (broad SMARTS) is 3. The van der Waals surface area contributed by atoms with Gasteiger partial charge in [-0.15, -0.1) is 0 Å². The monoisotopic (exact) mass is 1200 g/mol. The lowest BCUT2D eigenvalue weighted by Gasteiger charge is -2.30. The van der Waals surface area contributed by atoms with Crippen molar-refractivity contribution in [1.82, 2.24) is 56.4 Å². The number of β-amino-alcohol motifs (C(OH)–C–C–N with tert-alkyl or cyclic N) is 1. The smallest absolute Gasteiger partial charge is 0.475 e. The first kappa shape index (κ1) is 72.3. The van der Waals surface area contributed by atoms with Crippen molar-refractivity contribution in [2.24, 2.45) is 10.7 Å². The van der Waals surface area contributed by atoms with Gasteiger partial charge in [0.15, 0.2) is 5.96 Å². The molecule has 14 N–H and O–H groups in total. The van der Waals surface area contributed by atoms with E-state index in [0.29, 0.717) is 103 Å². The Hall–Kier alpha value is -6.99. The van der Waals surface area contributed by atoms with E-state index >= 15 is 0 Å². The number of nitrogens with zero attached hydrogens (tertiary/aromatic N) is 6. The highest BCUT2D eigenvalue weighted by molar-refractivity contribution is 6.43. The largest absolute Gasteiger partial charge is 0.480 e. The maximum absolute atomic E-state index is 13.3. The average molecular weight is 1200 g/mol. The highest BCUT2D eigenvalue weighted by Crippen LogP contribution is 2.20. The molecule has 2 saturated heterocycles. The van der Waals surface area contributed by atoms with E-state index < -0.39 is 67.0 Å². The molecule has 2 heterocycles. The van der Waals surface area contributed by atoms with Crippen LogP contribution in [0.25, 0.3) is 0 Å². The highest BCUT2D eigenvalue weighted by Gasteiger charge is 2.42. The number of aliphatic carboxylic acids is 3. The fourth-order valence-electron chi connectivity index (χ4n) is 9.65. The number of carbonyl (C=O) groups excluding carboxylic acids is 7. The van der Waals surface area contributed by atoms with Crippen LogP contribution < -0.4 is 37.6 Å². The zero-order chi connectivity index (χ0) is 62.8. The molecule has 476 valence electrons. The van der Waals surface area contributed by atoms with Crippen molar-refractivity contribution in [3.05, 3.63) is 35.4 Å². The molecule has 2 fully saturated rings. The summed E-state index contributed by atoms with van der Waals surface area (Å²) in [6.07, 6.45) is 5.10. The molecule has 2 aliphatic rings. The predicted molar refractivity (Wildman–Crippen MR) is 313 cm³/mol. The molecule has 0 spiro atoms. The van der Waals surface area contributed by atoms with Crippen molar-refractivity contribution in [2.45, 2.75) is 146 Å². The molecule has 0 radical (unpaired) electrons. The van der Waals surface area contributed by atoms with Crippen LogP contribution in [0, 0.1) is 0 Å². The number of aliphatic imine (C=N–C) groups is 1. The Labute approximate surface area is 497 Å². The molecule has 2 aliphatic heterocycles. The Morgan fingerprint density at radius 1 is 0.659 bits per heavy atom. The van der Waals surface area contributed by atoms with Crippen LogP contribution in [0.1, 0.15) is 126 Å².